The van der Waals surface area contributed by atoms with Gasteiger partial charge >= 0.3 is 6.01 Å². The quantitative estimate of drug-likeness (QED) is 0.860. The molecule has 0 aliphatic heterocycles. The maximum absolute atomic E-state index is 5.91. The minimum Gasteiger partial charge on any atom is -0.464 e. The summed E-state index contributed by atoms with van der Waals surface area (Å²) < 4.78 is 7.17. The lowest BCUT2D eigenvalue weighted by molar-refractivity contribution is 0.310. The minimum atomic E-state index is 0.131. The molecule has 2 aromatic heterocycles. The molecule has 1 aliphatic rings. The van der Waals surface area contributed by atoms with E-state index >= 15 is 0 Å². The molecule has 0 saturated heterocycles. The number of hydrogen-bond acceptors (Lipinski definition) is 5. The van der Waals surface area contributed by atoms with Crippen LogP contribution in [0.4, 0.5) is 0 Å². The third kappa shape index (κ3) is 2.40. The Morgan fingerprint density at radius 2 is 2.11 bits per heavy atom. The second kappa shape index (κ2) is 5.13. The van der Waals surface area contributed by atoms with Gasteiger partial charge in [-0.2, -0.15) is 15.0 Å². The van der Waals surface area contributed by atoms with E-state index in [1.807, 2.05) is 11.5 Å². The summed E-state index contributed by atoms with van der Waals surface area (Å²) in [6, 6.07) is 0.246. The van der Waals surface area contributed by atoms with E-state index in [-0.39, 0.29) is 11.3 Å². The predicted molar refractivity (Wildman–Crippen MR) is 69.8 cm³/mol. The van der Waals surface area contributed by atoms with Crippen molar-refractivity contribution in [2.45, 2.75) is 32.6 Å². The van der Waals surface area contributed by atoms with E-state index in [0.29, 0.717) is 12.6 Å². The van der Waals surface area contributed by atoms with Crippen molar-refractivity contribution in [1.82, 2.24) is 24.5 Å². The number of aromatic nitrogens is 5. The topological polar surface area (TPSA) is 65.7 Å². The van der Waals surface area contributed by atoms with E-state index < -0.39 is 0 Å². The summed E-state index contributed by atoms with van der Waals surface area (Å²) in [5, 5.41) is 0.131. The van der Waals surface area contributed by atoms with Crippen LogP contribution in [0.15, 0.2) is 6.33 Å². The van der Waals surface area contributed by atoms with Gasteiger partial charge in [0.1, 0.15) is 6.33 Å². The molecule has 7 heteroatoms. The lowest BCUT2D eigenvalue weighted by atomic mass is 10.0. The Labute approximate surface area is 115 Å². The zero-order valence-corrected chi connectivity index (χ0v) is 11.4. The van der Waals surface area contributed by atoms with E-state index in [0.717, 1.165) is 30.7 Å². The second-order valence-electron chi connectivity index (χ2n) is 4.34. The summed E-state index contributed by atoms with van der Waals surface area (Å²) in [7, 11) is 0. The van der Waals surface area contributed by atoms with Crippen LogP contribution in [-0.2, 0) is 12.8 Å². The van der Waals surface area contributed by atoms with Gasteiger partial charge in [-0.3, -0.25) is 4.57 Å². The molecule has 0 atom stereocenters. The molecular weight excluding hydrogens is 266 g/mol. The number of hydrogen-bond donors (Lipinski definition) is 0. The molecule has 100 valence electrons. The first-order valence-corrected chi connectivity index (χ1v) is 6.75. The SMILES string of the molecule is CCOc1nc(Cl)nc(-n2cnc3c2CCCC3)n1. The van der Waals surface area contributed by atoms with Crippen LogP contribution in [0, 0.1) is 0 Å². The number of ether oxygens (including phenoxy) is 1. The molecule has 2 aromatic rings. The second-order valence-corrected chi connectivity index (χ2v) is 4.67. The molecule has 0 amide bonds. The number of aryl methyl sites for hydroxylation is 1. The molecule has 0 saturated carbocycles. The first kappa shape index (κ1) is 12.3. The molecule has 3 rings (SSSR count). The molecule has 19 heavy (non-hydrogen) atoms. The first-order chi connectivity index (χ1) is 9.28. The Hall–Kier alpha value is -1.69. The van der Waals surface area contributed by atoms with E-state index in [2.05, 4.69) is 19.9 Å². The van der Waals surface area contributed by atoms with Gasteiger partial charge in [-0.25, -0.2) is 4.98 Å². The molecule has 1 aliphatic carbocycles. The van der Waals surface area contributed by atoms with Crippen LogP contribution >= 0.6 is 11.6 Å². The molecule has 0 unspecified atom stereocenters. The maximum atomic E-state index is 5.91. The third-order valence-corrected chi connectivity index (χ3v) is 3.26. The molecule has 0 spiro atoms. The lowest BCUT2D eigenvalue weighted by Crippen LogP contribution is -2.11. The summed E-state index contributed by atoms with van der Waals surface area (Å²) in [5.41, 5.74) is 2.29. The third-order valence-electron chi connectivity index (χ3n) is 3.09. The Morgan fingerprint density at radius 3 is 2.95 bits per heavy atom. The standard InChI is InChI=1S/C12H14ClN5O/c1-2-19-12-16-10(13)15-11(17-12)18-7-14-8-5-3-4-6-9(8)18/h7H,2-6H2,1H3. The Bertz CT molecular complexity index is 598. The summed E-state index contributed by atoms with van der Waals surface area (Å²) in [5.74, 6) is 0.471. The smallest absolute Gasteiger partial charge is 0.322 e. The van der Waals surface area contributed by atoms with Gasteiger partial charge in [0.15, 0.2) is 0 Å². The molecule has 0 radical (unpaired) electrons. The van der Waals surface area contributed by atoms with Gasteiger partial charge in [0.2, 0.25) is 11.2 Å². The first-order valence-electron chi connectivity index (χ1n) is 6.37. The van der Waals surface area contributed by atoms with Crippen LogP contribution in [0.1, 0.15) is 31.2 Å². The average molecular weight is 280 g/mol. The monoisotopic (exact) mass is 279 g/mol. The Balaban J connectivity index is 2.04. The number of nitrogens with zero attached hydrogens (tertiary/aromatic N) is 5. The largest absolute Gasteiger partial charge is 0.464 e. The zero-order valence-electron chi connectivity index (χ0n) is 10.6. The van der Waals surface area contributed by atoms with Crippen molar-refractivity contribution >= 4 is 11.6 Å². The molecule has 0 aromatic carbocycles. The highest BCUT2D eigenvalue weighted by Gasteiger charge is 2.18. The maximum Gasteiger partial charge on any atom is 0.322 e. The summed E-state index contributed by atoms with van der Waals surface area (Å²) >= 11 is 5.91. The van der Waals surface area contributed by atoms with E-state index in [1.54, 1.807) is 6.33 Å². The number of fused-ring (bicyclic) bond motifs is 1. The number of imidazole rings is 1. The van der Waals surface area contributed by atoms with Crippen LogP contribution in [0.5, 0.6) is 6.01 Å². The fourth-order valence-corrected chi connectivity index (χ4v) is 2.41. The van der Waals surface area contributed by atoms with Crippen LogP contribution < -0.4 is 4.74 Å². The van der Waals surface area contributed by atoms with Crippen molar-refractivity contribution in [2.24, 2.45) is 0 Å². The van der Waals surface area contributed by atoms with Crippen molar-refractivity contribution < 1.29 is 4.74 Å². The molecule has 6 nitrogen and oxygen atoms in total. The predicted octanol–water partition coefficient (Wildman–Crippen LogP) is 1.99. The van der Waals surface area contributed by atoms with Crippen molar-refractivity contribution in [3.63, 3.8) is 0 Å². The summed E-state index contributed by atoms with van der Waals surface area (Å²) in [6.45, 7) is 2.36. The van der Waals surface area contributed by atoms with Gasteiger partial charge in [-0.05, 0) is 44.2 Å². The molecule has 2 heterocycles. The highest BCUT2D eigenvalue weighted by Crippen LogP contribution is 2.22. The van der Waals surface area contributed by atoms with Gasteiger partial charge in [0.05, 0.1) is 12.3 Å². The molecule has 0 fully saturated rings. The normalized spacial score (nSPS) is 14.2. The minimum absolute atomic E-state index is 0.131. The van der Waals surface area contributed by atoms with Gasteiger partial charge in [0.25, 0.3) is 0 Å². The highest BCUT2D eigenvalue weighted by atomic mass is 35.5. The van der Waals surface area contributed by atoms with E-state index in [1.165, 1.54) is 6.42 Å². The number of halogens is 1. The molecule has 0 N–H and O–H groups in total. The lowest BCUT2D eigenvalue weighted by Gasteiger charge is -2.13. The van der Waals surface area contributed by atoms with Crippen molar-refractivity contribution in [3.8, 4) is 12.0 Å². The highest BCUT2D eigenvalue weighted by molar-refractivity contribution is 6.28. The summed E-state index contributed by atoms with van der Waals surface area (Å²) in [6.07, 6.45) is 6.10. The van der Waals surface area contributed by atoms with Crippen LogP contribution in [-0.4, -0.2) is 31.1 Å². The van der Waals surface area contributed by atoms with Gasteiger partial charge in [-0.15, -0.1) is 0 Å². The van der Waals surface area contributed by atoms with Crippen molar-refractivity contribution in [3.05, 3.63) is 23.0 Å². The van der Waals surface area contributed by atoms with Crippen LogP contribution in [0.3, 0.4) is 0 Å². The average Bonchev–Trinajstić information content (AvgIpc) is 2.82. The fourth-order valence-electron chi connectivity index (χ4n) is 2.26. The van der Waals surface area contributed by atoms with Crippen molar-refractivity contribution in [2.75, 3.05) is 6.61 Å². The van der Waals surface area contributed by atoms with Gasteiger partial charge in [0, 0.05) is 5.69 Å². The Kier molecular flexibility index (Phi) is 3.33. The fraction of sp³-hybridized carbons (Fsp3) is 0.500. The van der Waals surface area contributed by atoms with Gasteiger partial charge in [-0.1, -0.05) is 0 Å². The molecule has 0 bridgehead atoms. The van der Waals surface area contributed by atoms with E-state index in [4.69, 9.17) is 16.3 Å². The zero-order chi connectivity index (χ0) is 13.2. The van der Waals surface area contributed by atoms with Gasteiger partial charge < -0.3 is 4.74 Å². The van der Waals surface area contributed by atoms with Crippen molar-refractivity contribution in [1.29, 1.82) is 0 Å². The molecular formula is C12H14ClN5O. The number of rotatable bonds is 3. The Morgan fingerprint density at radius 1 is 1.26 bits per heavy atom. The van der Waals surface area contributed by atoms with Crippen LogP contribution in [0.2, 0.25) is 5.28 Å². The van der Waals surface area contributed by atoms with E-state index in [9.17, 15) is 0 Å². The summed E-state index contributed by atoms with van der Waals surface area (Å²) in [4.78, 5) is 16.8. The van der Waals surface area contributed by atoms with Crippen LogP contribution in [0.25, 0.3) is 5.95 Å².